The lowest BCUT2D eigenvalue weighted by Gasteiger charge is -2.07. The molecule has 0 saturated heterocycles. The van der Waals surface area contributed by atoms with Crippen LogP contribution < -0.4 is 0 Å². The topological polar surface area (TPSA) is 30.2 Å². The predicted octanol–water partition coefficient (Wildman–Crippen LogP) is 7.52. The summed E-state index contributed by atoms with van der Waals surface area (Å²) in [4.78, 5) is 9.38. The van der Waals surface area contributed by atoms with E-state index in [1.54, 1.807) is 0 Å². The molecule has 7 rings (SSSR count). The first-order chi connectivity index (χ1) is 16.4. The summed E-state index contributed by atoms with van der Waals surface area (Å²) in [6.07, 6.45) is 3.95. The Morgan fingerprint density at radius 1 is 0.485 bits per heavy atom. The Hall–Kier alpha value is -4.50. The minimum atomic E-state index is 0.997. The molecule has 0 N–H and O–H groups in total. The normalized spacial score (nSPS) is 11.6. The molecule has 0 bridgehead atoms. The second kappa shape index (κ2) is 7.01. The van der Waals surface area contributed by atoms with E-state index in [0.717, 1.165) is 38.6 Å². The van der Waals surface area contributed by atoms with Gasteiger partial charge in [0, 0.05) is 28.1 Å². The molecular formula is C30H19N3. The van der Waals surface area contributed by atoms with E-state index < -0.39 is 0 Å². The number of para-hydroxylation sites is 4. The van der Waals surface area contributed by atoms with Crippen molar-refractivity contribution in [1.29, 1.82) is 0 Å². The smallest absolute Gasteiger partial charge is 0.0871 e. The molecule has 0 aliphatic heterocycles. The van der Waals surface area contributed by atoms with Gasteiger partial charge in [-0.05, 0) is 41.5 Å². The zero-order valence-electron chi connectivity index (χ0n) is 17.8. The molecule has 7 aromatic rings. The number of aromatic nitrogens is 3. The lowest BCUT2D eigenvalue weighted by Crippen LogP contribution is -1.90. The van der Waals surface area contributed by atoms with Gasteiger partial charge in [-0.25, -0.2) is 0 Å². The van der Waals surface area contributed by atoms with Gasteiger partial charge in [0.1, 0.15) is 0 Å². The first kappa shape index (κ1) is 18.1. The molecule has 0 spiro atoms. The van der Waals surface area contributed by atoms with Crippen molar-refractivity contribution in [1.82, 2.24) is 14.4 Å². The SMILES string of the molecule is c1ccc2ncc(-c3ccc(-c4c5ccccc5n5c4cnc4ccccc45)cc3)cc2c1. The first-order valence-corrected chi connectivity index (χ1v) is 11.1. The summed E-state index contributed by atoms with van der Waals surface area (Å²) in [5.41, 5.74) is 10.1. The van der Waals surface area contributed by atoms with Crippen molar-refractivity contribution in [2.75, 3.05) is 0 Å². The minimum Gasteiger partial charge on any atom is -0.306 e. The van der Waals surface area contributed by atoms with Gasteiger partial charge in [0.05, 0.1) is 33.8 Å². The average molecular weight is 422 g/mol. The molecule has 33 heavy (non-hydrogen) atoms. The van der Waals surface area contributed by atoms with Crippen LogP contribution in [-0.2, 0) is 0 Å². The zero-order valence-corrected chi connectivity index (χ0v) is 17.8. The summed E-state index contributed by atoms with van der Waals surface area (Å²) in [6, 6.07) is 36.1. The van der Waals surface area contributed by atoms with Gasteiger partial charge in [-0.15, -0.1) is 0 Å². The third kappa shape index (κ3) is 2.76. The lowest BCUT2D eigenvalue weighted by atomic mass is 9.99. The number of fused-ring (bicyclic) bond motifs is 6. The molecule has 0 atom stereocenters. The van der Waals surface area contributed by atoms with Gasteiger partial charge in [0.2, 0.25) is 0 Å². The molecule has 0 radical (unpaired) electrons. The molecular weight excluding hydrogens is 402 g/mol. The maximum absolute atomic E-state index is 4.76. The Morgan fingerprint density at radius 2 is 1.15 bits per heavy atom. The van der Waals surface area contributed by atoms with Crippen molar-refractivity contribution in [2.24, 2.45) is 0 Å². The van der Waals surface area contributed by atoms with Crippen molar-refractivity contribution in [3.05, 3.63) is 116 Å². The number of nitrogens with zero attached hydrogens (tertiary/aromatic N) is 3. The average Bonchev–Trinajstić information content (AvgIpc) is 3.23. The molecule has 3 nitrogen and oxygen atoms in total. The Balaban J connectivity index is 1.43. The molecule has 154 valence electrons. The van der Waals surface area contributed by atoms with Crippen LogP contribution in [0.2, 0.25) is 0 Å². The number of pyridine rings is 1. The van der Waals surface area contributed by atoms with Crippen molar-refractivity contribution < 1.29 is 0 Å². The summed E-state index contributed by atoms with van der Waals surface area (Å²) < 4.78 is 2.33. The largest absolute Gasteiger partial charge is 0.306 e. The Labute approximate surface area is 190 Å². The molecule has 0 saturated carbocycles. The fourth-order valence-electron chi connectivity index (χ4n) is 4.90. The first-order valence-electron chi connectivity index (χ1n) is 11.1. The van der Waals surface area contributed by atoms with Crippen LogP contribution in [0.5, 0.6) is 0 Å². The van der Waals surface area contributed by atoms with E-state index in [2.05, 4.69) is 94.3 Å². The highest BCUT2D eigenvalue weighted by molar-refractivity contribution is 6.08. The molecule has 0 aliphatic rings. The van der Waals surface area contributed by atoms with E-state index in [-0.39, 0.29) is 0 Å². The molecule has 0 unspecified atom stereocenters. The fraction of sp³-hybridized carbons (Fsp3) is 0. The molecule has 0 aliphatic carbocycles. The molecule has 0 fully saturated rings. The summed E-state index contributed by atoms with van der Waals surface area (Å²) in [5.74, 6) is 0. The highest BCUT2D eigenvalue weighted by atomic mass is 14.9. The van der Waals surface area contributed by atoms with Gasteiger partial charge >= 0.3 is 0 Å². The van der Waals surface area contributed by atoms with Gasteiger partial charge in [0.15, 0.2) is 0 Å². The number of hydrogen-bond donors (Lipinski definition) is 0. The molecule has 3 aromatic heterocycles. The molecule has 3 heteroatoms. The van der Waals surface area contributed by atoms with Crippen LogP contribution in [0.1, 0.15) is 0 Å². The zero-order chi connectivity index (χ0) is 21.8. The third-order valence-electron chi connectivity index (χ3n) is 6.46. The summed E-state index contributed by atoms with van der Waals surface area (Å²) in [5, 5.41) is 2.39. The van der Waals surface area contributed by atoms with Crippen LogP contribution in [0, 0.1) is 0 Å². The van der Waals surface area contributed by atoms with E-state index in [1.165, 1.54) is 22.0 Å². The van der Waals surface area contributed by atoms with Gasteiger partial charge < -0.3 is 4.40 Å². The maximum Gasteiger partial charge on any atom is 0.0871 e. The predicted molar refractivity (Wildman–Crippen MR) is 136 cm³/mol. The maximum atomic E-state index is 4.76. The number of rotatable bonds is 2. The van der Waals surface area contributed by atoms with E-state index in [1.807, 2.05) is 30.6 Å². The molecule has 3 heterocycles. The Morgan fingerprint density at radius 3 is 2.03 bits per heavy atom. The van der Waals surface area contributed by atoms with E-state index >= 15 is 0 Å². The van der Waals surface area contributed by atoms with Crippen molar-refractivity contribution >= 4 is 38.4 Å². The van der Waals surface area contributed by atoms with E-state index in [4.69, 9.17) is 4.98 Å². The van der Waals surface area contributed by atoms with Crippen LogP contribution >= 0.6 is 0 Å². The van der Waals surface area contributed by atoms with Gasteiger partial charge in [-0.3, -0.25) is 9.97 Å². The van der Waals surface area contributed by atoms with Crippen LogP contribution in [0.15, 0.2) is 116 Å². The quantitative estimate of drug-likeness (QED) is 0.289. The van der Waals surface area contributed by atoms with E-state index in [9.17, 15) is 0 Å². The van der Waals surface area contributed by atoms with Crippen molar-refractivity contribution in [3.63, 3.8) is 0 Å². The van der Waals surface area contributed by atoms with Crippen LogP contribution in [0.3, 0.4) is 0 Å². The highest BCUT2D eigenvalue weighted by Crippen LogP contribution is 2.37. The van der Waals surface area contributed by atoms with Crippen LogP contribution in [0.4, 0.5) is 0 Å². The van der Waals surface area contributed by atoms with Crippen LogP contribution in [0.25, 0.3) is 60.6 Å². The summed E-state index contributed by atoms with van der Waals surface area (Å²) in [7, 11) is 0. The molecule has 4 aromatic carbocycles. The lowest BCUT2D eigenvalue weighted by molar-refractivity contribution is 1.27. The third-order valence-corrected chi connectivity index (χ3v) is 6.46. The Bertz CT molecular complexity index is 1810. The second-order valence-electron chi connectivity index (χ2n) is 8.35. The van der Waals surface area contributed by atoms with Gasteiger partial charge in [0.25, 0.3) is 0 Å². The fourth-order valence-corrected chi connectivity index (χ4v) is 4.90. The summed E-state index contributed by atoms with van der Waals surface area (Å²) >= 11 is 0. The number of hydrogen-bond acceptors (Lipinski definition) is 2. The minimum absolute atomic E-state index is 0.997. The Kier molecular flexibility index (Phi) is 3.84. The number of benzene rings is 4. The highest BCUT2D eigenvalue weighted by Gasteiger charge is 2.15. The van der Waals surface area contributed by atoms with Gasteiger partial charge in [-0.2, -0.15) is 0 Å². The summed E-state index contributed by atoms with van der Waals surface area (Å²) in [6.45, 7) is 0. The van der Waals surface area contributed by atoms with E-state index in [0.29, 0.717) is 0 Å². The van der Waals surface area contributed by atoms with Crippen molar-refractivity contribution in [2.45, 2.75) is 0 Å². The standard InChI is InChI=1S/C30H19N3/c1-3-9-25-22(7-1)17-23(18-31-25)20-13-15-21(16-14-20)30-24-8-2-5-11-27(24)33-28-12-6-4-10-26(28)32-19-29(30)33/h1-19H. The van der Waals surface area contributed by atoms with Crippen molar-refractivity contribution in [3.8, 4) is 22.3 Å². The van der Waals surface area contributed by atoms with Gasteiger partial charge in [-0.1, -0.05) is 72.8 Å². The van der Waals surface area contributed by atoms with Crippen LogP contribution in [-0.4, -0.2) is 14.4 Å². The second-order valence-corrected chi connectivity index (χ2v) is 8.35. The monoisotopic (exact) mass is 421 g/mol. The molecule has 0 amide bonds.